The second kappa shape index (κ2) is 64.5. The van der Waals surface area contributed by atoms with E-state index in [0.717, 1.165) is 101 Å². The average Bonchev–Trinajstić information content (AvgIpc) is 0.796. The van der Waals surface area contributed by atoms with Crippen molar-refractivity contribution in [2.24, 2.45) is 0 Å². The SMILES string of the molecule is CC(=O)C=C(C)O.CC(=O)C=C(C)O.CC(=O)C=C(C)O.CC(=O)C=C(C)O.Cc1[c-]c(-c2cc(-c3ccc(C)cc3)c3ccccc3n2)cc(C)c1.Cc1[c-]c(-c2cc(C)c3c(C)cccc3n2)cc(C)c1.Cc1[c-]c(-c2cc(C)c3ccccc3n2)cc(C)c1.Cc1cc(C)cc(-c2ccnc(-c3[c-]cccc3)c2)c1.Cc1ccnc(-c2[c-]ccc(-c3ccccc3)c2)c1.[Ir].[Ir].[Ir].[Ir].[Ir].[c-]1ccccc1-c1ccccn1. The molecule has 0 unspecified atom stereocenters. The Kier molecular flexibility index (Phi) is 55.2. The molecule has 19 heteroatoms. The fourth-order valence-corrected chi connectivity index (χ4v) is 15.5. The van der Waals surface area contributed by atoms with Gasteiger partial charge >= 0.3 is 0 Å². The third-order valence-corrected chi connectivity index (χ3v) is 21.2. The molecule has 12 aromatic carbocycles. The van der Waals surface area contributed by atoms with Crippen LogP contribution in [0.1, 0.15) is 128 Å². The van der Waals surface area contributed by atoms with Crippen LogP contribution in [0.25, 0.3) is 134 Å². The monoisotopic (exact) mass is 2850 g/mol. The van der Waals surface area contributed by atoms with E-state index >= 15 is 0 Å². The van der Waals surface area contributed by atoms with E-state index < -0.39 is 0 Å². The Morgan fingerprint density at radius 3 is 1.09 bits per heavy atom. The minimum Gasteiger partial charge on any atom is -0.512 e. The first-order valence-electron chi connectivity index (χ1n) is 46.9. The van der Waals surface area contributed by atoms with Crippen molar-refractivity contribution in [2.75, 3.05) is 0 Å². The summed E-state index contributed by atoms with van der Waals surface area (Å²) in [6.45, 7) is 38.8. The summed E-state index contributed by atoms with van der Waals surface area (Å²) < 4.78 is 0. The number of nitrogens with zero attached hydrogens (tertiary/aromatic N) is 6. The molecule has 0 amide bonds. The molecule has 0 saturated carbocycles. The first-order valence-corrected chi connectivity index (χ1v) is 46.9. The number of aliphatic hydroxyl groups is 4. The van der Waals surface area contributed by atoms with Crippen LogP contribution in [0.2, 0.25) is 0 Å². The minimum atomic E-state index is -0.125. The van der Waals surface area contributed by atoms with E-state index in [-0.39, 0.29) is 147 Å². The fourth-order valence-electron chi connectivity index (χ4n) is 15.5. The van der Waals surface area contributed by atoms with Gasteiger partial charge in [-0.15, -0.1) is 212 Å². The molecule has 0 aliphatic heterocycles. The molecule has 6 aromatic heterocycles. The van der Waals surface area contributed by atoms with E-state index in [4.69, 9.17) is 35.4 Å². The van der Waals surface area contributed by atoms with Crippen LogP contribution < -0.4 is 0 Å². The van der Waals surface area contributed by atoms with E-state index in [1.165, 1.54) is 185 Å². The Morgan fingerprint density at radius 1 is 0.243 bits per heavy atom. The van der Waals surface area contributed by atoms with Gasteiger partial charge in [-0.1, -0.05) is 228 Å². The van der Waals surface area contributed by atoms with Crippen LogP contribution in [0.4, 0.5) is 0 Å². The number of allylic oxidation sites excluding steroid dienone is 8. The van der Waals surface area contributed by atoms with Gasteiger partial charge < -0.3 is 35.4 Å². The van der Waals surface area contributed by atoms with Crippen molar-refractivity contribution in [1.82, 2.24) is 29.9 Å². The molecule has 0 aliphatic carbocycles. The zero-order chi connectivity index (χ0) is 104. The van der Waals surface area contributed by atoms with Gasteiger partial charge in [0.1, 0.15) is 0 Å². The number of para-hydroxylation sites is 2. The molecule has 769 valence electrons. The van der Waals surface area contributed by atoms with Crippen LogP contribution >= 0.6 is 0 Å². The van der Waals surface area contributed by atoms with Gasteiger partial charge in [0, 0.05) is 160 Å². The third-order valence-electron chi connectivity index (χ3n) is 21.2. The maximum absolute atomic E-state index is 10.0. The molecule has 0 bridgehead atoms. The molecule has 0 saturated heterocycles. The Labute approximate surface area is 941 Å². The number of ketones is 4. The second-order valence-corrected chi connectivity index (χ2v) is 35.1. The molecule has 18 aromatic rings. The van der Waals surface area contributed by atoms with Gasteiger partial charge in [0.25, 0.3) is 0 Å². The van der Waals surface area contributed by atoms with Crippen LogP contribution in [0.3, 0.4) is 0 Å². The van der Waals surface area contributed by atoms with E-state index in [1.54, 1.807) is 6.20 Å². The van der Waals surface area contributed by atoms with Gasteiger partial charge in [-0.25, -0.2) is 0 Å². The summed E-state index contributed by atoms with van der Waals surface area (Å²) in [6.07, 6.45) is 10.2. The number of aromatic nitrogens is 6. The number of benzene rings is 12. The van der Waals surface area contributed by atoms with Crippen molar-refractivity contribution in [3.63, 3.8) is 0 Å². The summed E-state index contributed by atoms with van der Waals surface area (Å²) in [4.78, 5) is 67.6. The topological polar surface area (TPSA) is 227 Å². The summed E-state index contributed by atoms with van der Waals surface area (Å²) in [7, 11) is 0. The van der Waals surface area contributed by atoms with Crippen molar-refractivity contribution < 1.29 is 140 Å². The number of pyridine rings is 6. The summed E-state index contributed by atoms with van der Waals surface area (Å²) in [6, 6.07) is 124. The van der Waals surface area contributed by atoms with Crippen molar-refractivity contribution in [2.45, 2.75) is 145 Å². The third kappa shape index (κ3) is 43.1. The number of hydrogen-bond donors (Lipinski definition) is 4. The van der Waals surface area contributed by atoms with Crippen molar-refractivity contribution in [3.05, 3.63) is 478 Å². The summed E-state index contributed by atoms with van der Waals surface area (Å²) >= 11 is 0. The molecule has 148 heavy (non-hydrogen) atoms. The molecule has 5 radical (unpaired) electrons. The molecular formula is C129H124Ir5N6O8-6. The maximum Gasteiger partial charge on any atom is 0.155 e. The zero-order valence-electron chi connectivity index (χ0n) is 87.2. The van der Waals surface area contributed by atoms with Gasteiger partial charge in [0.2, 0.25) is 0 Å². The Balaban J connectivity index is 0.000000351. The second-order valence-electron chi connectivity index (χ2n) is 35.1. The quantitative estimate of drug-likeness (QED) is 0.0479. The van der Waals surface area contributed by atoms with Crippen molar-refractivity contribution >= 4 is 55.8 Å². The number of aryl methyl sites for hydroxylation is 13. The number of carbonyl (C=O) groups is 4. The normalized spacial score (nSPS) is 10.4. The van der Waals surface area contributed by atoms with E-state index in [2.05, 4.69) is 348 Å². The predicted molar refractivity (Wildman–Crippen MR) is 590 cm³/mol. The van der Waals surface area contributed by atoms with E-state index in [1.807, 2.05) is 109 Å². The summed E-state index contributed by atoms with van der Waals surface area (Å²) in [5.74, 6) is -0.250. The number of rotatable bonds is 13. The fraction of sp³-hybridized carbons (Fsp3) is 0.163. The Bertz CT molecular complexity index is 7280. The molecule has 14 nitrogen and oxygen atoms in total. The average molecular weight is 2850 g/mol. The summed E-state index contributed by atoms with van der Waals surface area (Å²) in [5, 5.41) is 37.1. The molecular weight excluding hydrogens is 2720 g/mol. The van der Waals surface area contributed by atoms with Crippen molar-refractivity contribution in [3.8, 4) is 101 Å². The van der Waals surface area contributed by atoms with Crippen LogP contribution in [0, 0.1) is 126 Å². The first-order chi connectivity index (χ1) is 68.3. The van der Waals surface area contributed by atoms with E-state index in [0.29, 0.717) is 0 Å². The largest absolute Gasteiger partial charge is 0.512 e. The van der Waals surface area contributed by atoms with E-state index in [9.17, 15) is 19.2 Å². The zero-order valence-corrected chi connectivity index (χ0v) is 99.2. The van der Waals surface area contributed by atoms with Gasteiger partial charge in [0.05, 0.1) is 39.6 Å². The number of carbonyl (C=O) groups excluding carboxylic acids is 4. The summed E-state index contributed by atoms with van der Waals surface area (Å²) in [5.41, 5.74) is 38.6. The minimum absolute atomic E-state index is 0. The molecule has 0 aliphatic rings. The molecule has 0 fully saturated rings. The molecule has 0 atom stereocenters. The van der Waals surface area contributed by atoms with Gasteiger partial charge in [-0.05, 0) is 219 Å². The van der Waals surface area contributed by atoms with Gasteiger partial charge in [0.15, 0.2) is 23.1 Å². The predicted octanol–water partition coefficient (Wildman–Crippen LogP) is 31.9. The smallest absolute Gasteiger partial charge is 0.155 e. The molecule has 6 heterocycles. The Morgan fingerprint density at radius 2 is 0.642 bits per heavy atom. The van der Waals surface area contributed by atoms with Crippen LogP contribution in [0.5, 0.6) is 0 Å². The Hall–Kier alpha value is -13.6. The molecule has 4 N–H and O–H groups in total. The van der Waals surface area contributed by atoms with Crippen LogP contribution in [-0.2, 0) is 120 Å². The first kappa shape index (κ1) is 127. The maximum atomic E-state index is 10.0. The van der Waals surface area contributed by atoms with Gasteiger partial charge in [-0.2, -0.15) is 0 Å². The number of aliphatic hydroxyl groups excluding tert-OH is 4. The molecule has 0 spiro atoms. The van der Waals surface area contributed by atoms with Crippen LogP contribution in [-0.4, -0.2) is 73.5 Å². The number of fused-ring (bicyclic) bond motifs is 3. The standard InChI is InChI=1S/C24H20N.C19H18N.C19H16N.C18H16N.C18H14N.C11H8N.4C5H8O2.5Ir/c1-16-8-10-19(11-9-16)22-15-24(20-13-17(2)12-18(3)14-20)25-23-7-5-4-6-21(22)23;1-12-8-13(2)10-16(9-12)18-11-15(4)19-14(3)6-5-7-17(19)20-18;1-14-10-15(2)12-18(11-14)17-8-9-20-19(13-17)16-6-4-3-5-7-16;1-12-8-13(2)10-15(9-12)18-11-14(3)16-6-4-5-7-17(16)19-18;1-14-10-11-19-18(12-14)17-9-5-8-16(13-17)15-6-3-2-4-7-15;1-2-6-10(7-3-1)11-8-4-5-9-12-11;4*1-4(6)3-5(2)7;;;;;/h4-13,15H,1-3H3;5-9,11H,1-4H3;3-6,8-13H,1-2H3;4-9,11H,1-3H3;2-8,10-13H,1H3;1-6,8-9H;4*3,6H,1-2H3;;;;;/q6*-1;;;;;;;;;. The molecule has 18 rings (SSSR count). The van der Waals surface area contributed by atoms with Crippen LogP contribution in [0.15, 0.2) is 369 Å². The number of hydrogen-bond acceptors (Lipinski definition) is 14. The van der Waals surface area contributed by atoms with Gasteiger partial charge in [-0.3, -0.25) is 34.1 Å². The van der Waals surface area contributed by atoms with Crippen molar-refractivity contribution in [1.29, 1.82) is 0 Å².